The molecule has 1 unspecified atom stereocenters. The van der Waals surface area contributed by atoms with Crippen molar-refractivity contribution in [2.24, 2.45) is 0 Å². The Morgan fingerprint density at radius 3 is 2.36 bits per heavy atom. The minimum atomic E-state index is -0.652. The standard InChI is InChI=1S/C19H18O6/c1-22-11-4-6-13-14(8-11)18(25-19(13)21)10-16(20)15-9-12(23-2)5-7-17(15)24-3/h4-9,18H,10H2,1-3H3. The van der Waals surface area contributed by atoms with Crippen molar-refractivity contribution in [1.29, 1.82) is 0 Å². The molecule has 25 heavy (non-hydrogen) atoms. The fourth-order valence-electron chi connectivity index (χ4n) is 2.84. The van der Waals surface area contributed by atoms with Crippen LogP contribution in [0.5, 0.6) is 17.2 Å². The largest absolute Gasteiger partial charge is 0.497 e. The van der Waals surface area contributed by atoms with Gasteiger partial charge in [-0.2, -0.15) is 0 Å². The predicted octanol–water partition coefficient (Wildman–Crippen LogP) is 3.20. The van der Waals surface area contributed by atoms with Crippen molar-refractivity contribution in [3.05, 3.63) is 53.1 Å². The van der Waals surface area contributed by atoms with Gasteiger partial charge in [-0.05, 0) is 36.4 Å². The molecule has 1 aliphatic rings. The van der Waals surface area contributed by atoms with Gasteiger partial charge in [-0.15, -0.1) is 0 Å². The van der Waals surface area contributed by atoms with Crippen LogP contribution in [0.2, 0.25) is 0 Å². The first-order valence-electron chi connectivity index (χ1n) is 7.71. The third-order valence-electron chi connectivity index (χ3n) is 4.15. The van der Waals surface area contributed by atoms with Crippen LogP contribution < -0.4 is 14.2 Å². The Morgan fingerprint density at radius 1 is 1.00 bits per heavy atom. The van der Waals surface area contributed by atoms with Crippen LogP contribution in [0.4, 0.5) is 0 Å². The zero-order valence-corrected chi connectivity index (χ0v) is 14.2. The van der Waals surface area contributed by atoms with Gasteiger partial charge in [-0.3, -0.25) is 4.79 Å². The Hall–Kier alpha value is -3.02. The maximum atomic E-state index is 12.8. The van der Waals surface area contributed by atoms with Crippen molar-refractivity contribution >= 4 is 11.8 Å². The lowest BCUT2D eigenvalue weighted by Gasteiger charge is -2.13. The molecule has 1 heterocycles. The molecule has 1 atom stereocenters. The molecule has 0 saturated carbocycles. The third-order valence-corrected chi connectivity index (χ3v) is 4.15. The molecule has 0 fully saturated rings. The van der Waals surface area contributed by atoms with Gasteiger partial charge in [0.25, 0.3) is 0 Å². The number of benzene rings is 2. The second kappa shape index (κ2) is 6.84. The molecule has 0 amide bonds. The van der Waals surface area contributed by atoms with Gasteiger partial charge in [0, 0.05) is 5.56 Å². The molecule has 6 heteroatoms. The van der Waals surface area contributed by atoms with Crippen LogP contribution in [-0.4, -0.2) is 33.1 Å². The smallest absolute Gasteiger partial charge is 0.339 e. The highest BCUT2D eigenvalue weighted by molar-refractivity contribution is 6.01. The van der Waals surface area contributed by atoms with Crippen molar-refractivity contribution in [2.45, 2.75) is 12.5 Å². The van der Waals surface area contributed by atoms with E-state index in [1.807, 2.05) is 0 Å². The normalized spacial score (nSPS) is 15.3. The van der Waals surface area contributed by atoms with Crippen LogP contribution in [0, 0.1) is 0 Å². The summed E-state index contributed by atoms with van der Waals surface area (Å²) in [6.07, 6.45) is -0.642. The summed E-state index contributed by atoms with van der Waals surface area (Å²) < 4.78 is 21.0. The summed E-state index contributed by atoms with van der Waals surface area (Å²) in [4.78, 5) is 24.8. The van der Waals surface area contributed by atoms with Gasteiger partial charge in [0.2, 0.25) is 0 Å². The van der Waals surface area contributed by atoms with Crippen molar-refractivity contribution < 1.29 is 28.5 Å². The van der Waals surface area contributed by atoms with Gasteiger partial charge in [-0.1, -0.05) is 0 Å². The van der Waals surface area contributed by atoms with E-state index in [0.717, 1.165) is 0 Å². The lowest BCUT2D eigenvalue weighted by molar-refractivity contribution is 0.0366. The van der Waals surface area contributed by atoms with E-state index in [0.29, 0.717) is 33.9 Å². The fourth-order valence-corrected chi connectivity index (χ4v) is 2.84. The Balaban J connectivity index is 1.89. The number of methoxy groups -OCH3 is 3. The highest BCUT2D eigenvalue weighted by atomic mass is 16.5. The van der Waals surface area contributed by atoms with Crippen molar-refractivity contribution in [3.63, 3.8) is 0 Å². The molecule has 1 aliphatic heterocycles. The molecule has 0 radical (unpaired) electrons. The number of esters is 1. The molecule has 0 N–H and O–H groups in total. The van der Waals surface area contributed by atoms with Crippen molar-refractivity contribution in [3.8, 4) is 17.2 Å². The maximum absolute atomic E-state index is 12.8. The number of hydrogen-bond donors (Lipinski definition) is 0. The Bertz CT molecular complexity index is 827. The summed E-state index contributed by atoms with van der Waals surface area (Å²) in [6.45, 7) is 0. The van der Waals surface area contributed by atoms with Crippen LogP contribution in [0.1, 0.15) is 38.8 Å². The summed E-state index contributed by atoms with van der Waals surface area (Å²) in [7, 11) is 4.56. The second-order valence-electron chi connectivity index (χ2n) is 5.54. The third kappa shape index (κ3) is 3.15. The predicted molar refractivity (Wildman–Crippen MR) is 89.6 cm³/mol. The first-order valence-corrected chi connectivity index (χ1v) is 7.71. The number of carbonyl (C=O) groups excluding carboxylic acids is 2. The quantitative estimate of drug-likeness (QED) is 0.593. The van der Waals surface area contributed by atoms with Crippen LogP contribution in [0.25, 0.3) is 0 Å². The highest BCUT2D eigenvalue weighted by Crippen LogP contribution is 2.37. The lowest BCUT2D eigenvalue weighted by atomic mass is 9.97. The molecular weight excluding hydrogens is 324 g/mol. The highest BCUT2D eigenvalue weighted by Gasteiger charge is 2.33. The summed E-state index contributed by atoms with van der Waals surface area (Å²) in [5.74, 6) is 0.960. The molecule has 3 rings (SSSR count). The Morgan fingerprint density at radius 2 is 1.68 bits per heavy atom. The van der Waals surface area contributed by atoms with Gasteiger partial charge in [0.1, 0.15) is 23.4 Å². The SMILES string of the molecule is COc1ccc(OC)c(C(=O)CC2OC(=O)c3ccc(OC)cc32)c1. The minimum absolute atomic E-state index is 0.00936. The van der Waals surface area contributed by atoms with Crippen molar-refractivity contribution in [1.82, 2.24) is 0 Å². The van der Waals surface area contributed by atoms with Gasteiger partial charge < -0.3 is 18.9 Å². The number of Topliss-reactive ketones (excluding diaryl/α,β-unsaturated/α-hetero) is 1. The molecule has 0 saturated heterocycles. The Kier molecular flexibility index (Phi) is 4.61. The van der Waals surface area contributed by atoms with E-state index < -0.39 is 12.1 Å². The lowest BCUT2D eigenvalue weighted by Crippen LogP contribution is -2.09. The first-order chi connectivity index (χ1) is 12.1. The van der Waals surface area contributed by atoms with Crippen LogP contribution in [0.15, 0.2) is 36.4 Å². The van der Waals surface area contributed by atoms with Crippen LogP contribution in [-0.2, 0) is 4.74 Å². The average molecular weight is 342 g/mol. The molecule has 2 aromatic carbocycles. The summed E-state index contributed by atoms with van der Waals surface area (Å²) in [5.41, 5.74) is 1.49. The van der Waals surface area contributed by atoms with Crippen molar-refractivity contribution in [2.75, 3.05) is 21.3 Å². The summed E-state index contributed by atoms with van der Waals surface area (Å²) in [5, 5.41) is 0. The van der Waals surface area contributed by atoms with E-state index in [9.17, 15) is 9.59 Å². The molecule has 0 aliphatic carbocycles. The molecule has 0 aromatic heterocycles. The average Bonchev–Trinajstić information content (AvgIpc) is 2.95. The number of ether oxygens (including phenoxy) is 4. The van der Waals surface area contributed by atoms with Gasteiger partial charge in [0.15, 0.2) is 5.78 Å². The number of cyclic esters (lactones) is 1. The Labute approximate surface area is 145 Å². The topological polar surface area (TPSA) is 71.1 Å². The maximum Gasteiger partial charge on any atom is 0.339 e. The van der Waals surface area contributed by atoms with Gasteiger partial charge in [-0.25, -0.2) is 4.79 Å². The van der Waals surface area contributed by atoms with Crippen LogP contribution in [0.3, 0.4) is 0 Å². The van der Waals surface area contributed by atoms with Crippen LogP contribution >= 0.6 is 0 Å². The molecule has 0 spiro atoms. The number of ketones is 1. The number of hydrogen-bond acceptors (Lipinski definition) is 6. The monoisotopic (exact) mass is 342 g/mol. The van der Waals surface area contributed by atoms with Gasteiger partial charge in [0.05, 0.1) is 38.9 Å². The summed E-state index contributed by atoms with van der Waals surface area (Å²) in [6, 6.07) is 10.1. The summed E-state index contributed by atoms with van der Waals surface area (Å²) >= 11 is 0. The minimum Gasteiger partial charge on any atom is -0.497 e. The van der Waals surface area contributed by atoms with E-state index in [1.165, 1.54) is 14.2 Å². The second-order valence-corrected chi connectivity index (χ2v) is 5.54. The number of fused-ring (bicyclic) bond motifs is 1. The molecule has 0 bridgehead atoms. The van der Waals surface area contributed by atoms with E-state index in [2.05, 4.69) is 0 Å². The first kappa shape index (κ1) is 16.8. The zero-order valence-electron chi connectivity index (χ0n) is 14.2. The van der Waals surface area contributed by atoms with E-state index in [4.69, 9.17) is 18.9 Å². The van der Waals surface area contributed by atoms with E-state index >= 15 is 0 Å². The number of carbonyl (C=O) groups is 2. The molecular formula is C19H18O6. The van der Waals surface area contributed by atoms with E-state index in [-0.39, 0.29) is 12.2 Å². The zero-order chi connectivity index (χ0) is 18.0. The molecule has 2 aromatic rings. The van der Waals surface area contributed by atoms with E-state index in [1.54, 1.807) is 43.5 Å². The van der Waals surface area contributed by atoms with Gasteiger partial charge >= 0.3 is 5.97 Å². The number of rotatable bonds is 6. The molecule has 6 nitrogen and oxygen atoms in total. The molecule has 130 valence electrons. The fraction of sp³-hybridized carbons (Fsp3) is 0.263.